The molecule has 0 bridgehead atoms. The molecule has 2 N–H and O–H groups in total. The van der Waals surface area contributed by atoms with E-state index in [1.165, 1.54) is 6.07 Å². The van der Waals surface area contributed by atoms with Crippen molar-refractivity contribution in [2.24, 2.45) is 5.92 Å². The van der Waals surface area contributed by atoms with Crippen molar-refractivity contribution in [1.29, 1.82) is 0 Å². The van der Waals surface area contributed by atoms with E-state index in [2.05, 4.69) is 28.9 Å². The fraction of sp³-hybridized carbons (Fsp3) is 0.412. The molecule has 1 saturated heterocycles. The molecule has 0 aromatic heterocycles. The van der Waals surface area contributed by atoms with Crippen LogP contribution in [-0.4, -0.2) is 25.8 Å². The normalized spacial score (nSPS) is 24.9. The Morgan fingerprint density at radius 1 is 1.41 bits per heavy atom. The van der Waals surface area contributed by atoms with Gasteiger partial charge in [0.15, 0.2) is 0 Å². The molecule has 1 aliphatic carbocycles. The number of hydrogen-bond acceptors (Lipinski definition) is 3. The maximum Gasteiger partial charge on any atom is 0.129 e. The molecule has 1 fully saturated rings. The van der Waals surface area contributed by atoms with Crippen LogP contribution in [0.15, 0.2) is 42.1 Å². The summed E-state index contributed by atoms with van der Waals surface area (Å²) < 4.78 is 19.5. The number of allylic oxidation sites excluding steroid dienone is 2. The summed E-state index contributed by atoms with van der Waals surface area (Å²) in [5, 5.41) is 7.03. The highest BCUT2D eigenvalue weighted by Gasteiger charge is 2.23. The molecule has 0 amide bonds. The quantitative estimate of drug-likeness (QED) is 0.894. The van der Waals surface area contributed by atoms with Gasteiger partial charge in [0, 0.05) is 41.8 Å². The number of rotatable bonds is 4. The van der Waals surface area contributed by atoms with Crippen LogP contribution in [0.5, 0.6) is 0 Å². The molecular formula is C17H20ClFN2O. The zero-order chi connectivity index (χ0) is 15.4. The third-order valence-electron chi connectivity index (χ3n) is 4.06. The van der Waals surface area contributed by atoms with Crippen molar-refractivity contribution in [3.63, 3.8) is 0 Å². The van der Waals surface area contributed by atoms with Gasteiger partial charge in [-0.05, 0) is 24.6 Å². The monoisotopic (exact) mass is 322 g/mol. The Bertz CT molecular complexity index is 582. The number of hydrogen-bond donors (Lipinski definition) is 2. The lowest BCUT2D eigenvalue weighted by molar-refractivity contribution is 0.00350. The van der Waals surface area contributed by atoms with E-state index in [0.717, 1.165) is 31.8 Å². The van der Waals surface area contributed by atoms with E-state index in [0.29, 0.717) is 23.0 Å². The molecular weight excluding hydrogens is 303 g/mol. The lowest BCUT2D eigenvalue weighted by Gasteiger charge is -2.30. The van der Waals surface area contributed by atoms with E-state index < -0.39 is 0 Å². The molecule has 22 heavy (non-hydrogen) atoms. The third kappa shape index (κ3) is 3.88. The first-order chi connectivity index (χ1) is 10.7. The number of ether oxygens (including phenoxy) is 1. The van der Waals surface area contributed by atoms with E-state index >= 15 is 0 Å². The van der Waals surface area contributed by atoms with Gasteiger partial charge in [0.2, 0.25) is 0 Å². The van der Waals surface area contributed by atoms with Crippen LogP contribution in [0, 0.1) is 11.7 Å². The fourth-order valence-electron chi connectivity index (χ4n) is 2.77. The highest BCUT2D eigenvalue weighted by atomic mass is 35.5. The van der Waals surface area contributed by atoms with E-state index in [1.807, 2.05) is 0 Å². The second-order valence-electron chi connectivity index (χ2n) is 5.62. The Morgan fingerprint density at radius 3 is 3.00 bits per heavy atom. The molecule has 1 unspecified atom stereocenters. The second-order valence-corrected chi connectivity index (χ2v) is 6.06. The van der Waals surface area contributed by atoms with Gasteiger partial charge in [0.1, 0.15) is 5.82 Å². The maximum absolute atomic E-state index is 13.7. The highest BCUT2D eigenvalue weighted by Crippen LogP contribution is 2.22. The summed E-state index contributed by atoms with van der Waals surface area (Å²) in [5.74, 6) is 0.130. The first-order valence-electron chi connectivity index (χ1n) is 7.61. The molecule has 3 nitrogen and oxygen atoms in total. The van der Waals surface area contributed by atoms with Crippen molar-refractivity contribution in [1.82, 2.24) is 10.6 Å². The van der Waals surface area contributed by atoms with Gasteiger partial charge in [-0.3, -0.25) is 0 Å². The average Bonchev–Trinajstić information content (AvgIpc) is 2.55. The maximum atomic E-state index is 13.7. The smallest absolute Gasteiger partial charge is 0.129 e. The second kappa shape index (κ2) is 7.27. The molecule has 1 aromatic rings. The minimum atomic E-state index is -0.278. The van der Waals surface area contributed by atoms with E-state index in [1.54, 1.807) is 12.1 Å². The molecule has 1 aromatic carbocycles. The predicted molar refractivity (Wildman–Crippen MR) is 86.2 cm³/mol. The Morgan fingerprint density at radius 2 is 2.32 bits per heavy atom. The summed E-state index contributed by atoms with van der Waals surface area (Å²) in [6.45, 7) is 3.06. The molecule has 1 heterocycles. The van der Waals surface area contributed by atoms with Crippen LogP contribution in [0.1, 0.15) is 12.0 Å². The molecule has 3 rings (SSSR count). The van der Waals surface area contributed by atoms with Crippen LogP contribution in [0.25, 0.3) is 0 Å². The van der Waals surface area contributed by atoms with Gasteiger partial charge in [0.05, 0.1) is 12.7 Å². The first kappa shape index (κ1) is 15.5. The van der Waals surface area contributed by atoms with Crippen LogP contribution in [-0.2, 0) is 11.3 Å². The van der Waals surface area contributed by atoms with Crippen molar-refractivity contribution in [2.45, 2.75) is 19.1 Å². The van der Waals surface area contributed by atoms with Gasteiger partial charge >= 0.3 is 0 Å². The Balaban J connectivity index is 1.52. The summed E-state index contributed by atoms with van der Waals surface area (Å²) in [6, 6.07) is 4.76. The van der Waals surface area contributed by atoms with Crippen molar-refractivity contribution in [3.05, 3.63) is 58.5 Å². The molecule has 0 spiro atoms. The number of nitrogens with one attached hydrogen (secondary N) is 2. The molecule has 118 valence electrons. The molecule has 2 atom stereocenters. The summed E-state index contributed by atoms with van der Waals surface area (Å²) in [5.41, 5.74) is 1.63. The lowest BCUT2D eigenvalue weighted by Crippen LogP contribution is -2.42. The number of morpholine rings is 1. The van der Waals surface area contributed by atoms with E-state index in [-0.39, 0.29) is 11.9 Å². The average molecular weight is 323 g/mol. The largest absolute Gasteiger partial charge is 0.381 e. The van der Waals surface area contributed by atoms with E-state index in [9.17, 15) is 4.39 Å². The lowest BCUT2D eigenvalue weighted by atomic mass is 9.93. The summed E-state index contributed by atoms with van der Waals surface area (Å²) in [6.07, 6.45) is 7.57. The fourth-order valence-corrected chi connectivity index (χ4v) is 2.93. The topological polar surface area (TPSA) is 33.3 Å². The zero-order valence-corrected chi connectivity index (χ0v) is 13.1. The van der Waals surface area contributed by atoms with Crippen LogP contribution < -0.4 is 10.6 Å². The zero-order valence-electron chi connectivity index (χ0n) is 12.3. The summed E-state index contributed by atoms with van der Waals surface area (Å²) in [4.78, 5) is 0. The molecule has 0 saturated carbocycles. The van der Waals surface area contributed by atoms with Gasteiger partial charge in [-0.1, -0.05) is 29.8 Å². The van der Waals surface area contributed by atoms with Crippen LogP contribution in [0.4, 0.5) is 4.39 Å². The van der Waals surface area contributed by atoms with E-state index in [4.69, 9.17) is 16.3 Å². The molecule has 1 aliphatic heterocycles. The molecule has 5 heteroatoms. The summed E-state index contributed by atoms with van der Waals surface area (Å²) in [7, 11) is 0. The van der Waals surface area contributed by atoms with Gasteiger partial charge in [-0.25, -0.2) is 4.39 Å². The van der Waals surface area contributed by atoms with Crippen molar-refractivity contribution in [3.8, 4) is 0 Å². The van der Waals surface area contributed by atoms with Crippen LogP contribution >= 0.6 is 11.6 Å². The Kier molecular flexibility index (Phi) is 5.13. The Labute approximate surface area is 135 Å². The van der Waals surface area contributed by atoms with Crippen LogP contribution in [0.2, 0.25) is 5.02 Å². The molecule has 2 aliphatic rings. The van der Waals surface area contributed by atoms with Gasteiger partial charge < -0.3 is 15.4 Å². The minimum Gasteiger partial charge on any atom is -0.381 e. The van der Waals surface area contributed by atoms with Gasteiger partial charge in [-0.2, -0.15) is 0 Å². The van der Waals surface area contributed by atoms with Gasteiger partial charge in [0.25, 0.3) is 0 Å². The summed E-state index contributed by atoms with van der Waals surface area (Å²) >= 11 is 5.76. The molecule has 0 radical (unpaired) electrons. The third-order valence-corrected chi connectivity index (χ3v) is 4.30. The minimum absolute atomic E-state index is 0.247. The Hall–Kier alpha value is -1.36. The number of halogens is 2. The van der Waals surface area contributed by atoms with Crippen LogP contribution in [0.3, 0.4) is 0 Å². The SMILES string of the molecule is Fc1cc(Cl)ccc1CNC1=CCC([C@H]2CNCCO2)C=C1. The predicted octanol–water partition coefficient (Wildman–Crippen LogP) is 3.02. The van der Waals surface area contributed by atoms with Gasteiger partial charge in [-0.15, -0.1) is 0 Å². The number of benzene rings is 1. The standard InChI is InChI=1S/C17H20ClFN2O/c18-14-4-1-13(16(19)9-14)10-21-15-5-2-12(3-6-15)17-11-20-7-8-22-17/h1-2,4-6,9,12,17,20-21H,3,7-8,10-11H2/t12?,17-/m1/s1. The van der Waals surface area contributed by atoms with Crippen molar-refractivity contribution in [2.75, 3.05) is 19.7 Å². The van der Waals surface area contributed by atoms with Crippen molar-refractivity contribution < 1.29 is 9.13 Å². The first-order valence-corrected chi connectivity index (χ1v) is 7.98. The van der Waals surface area contributed by atoms with Crippen molar-refractivity contribution >= 4 is 11.6 Å². The highest BCUT2D eigenvalue weighted by molar-refractivity contribution is 6.30.